The second-order valence-electron chi connectivity index (χ2n) is 4.75. The van der Waals surface area contributed by atoms with Crippen LogP contribution >= 0.6 is 0 Å². The summed E-state index contributed by atoms with van der Waals surface area (Å²) in [6.07, 6.45) is 0.816. The zero-order chi connectivity index (χ0) is 13.0. The highest BCUT2D eigenvalue weighted by Crippen LogP contribution is 2.13. The van der Waals surface area contributed by atoms with Crippen molar-refractivity contribution in [2.45, 2.75) is 40.5 Å². The molecule has 0 aromatic heterocycles. The van der Waals surface area contributed by atoms with E-state index in [0.29, 0.717) is 5.56 Å². The van der Waals surface area contributed by atoms with Crippen LogP contribution in [0.3, 0.4) is 0 Å². The van der Waals surface area contributed by atoms with Gasteiger partial charge < -0.3 is 0 Å². The van der Waals surface area contributed by atoms with Gasteiger partial charge in [-0.05, 0) is 32.4 Å². The predicted octanol–water partition coefficient (Wildman–Crippen LogP) is 3.49. The molecular formula is C15H20O2. The van der Waals surface area contributed by atoms with Crippen molar-refractivity contribution in [3.8, 4) is 0 Å². The maximum atomic E-state index is 12.0. The van der Waals surface area contributed by atoms with Crippen LogP contribution in [0.25, 0.3) is 0 Å². The maximum absolute atomic E-state index is 12.0. The minimum Gasteiger partial charge on any atom is -0.299 e. The fraction of sp³-hybridized carbons (Fsp3) is 0.467. The minimum atomic E-state index is -0.0675. The average Bonchev–Trinajstić information content (AvgIpc) is 2.26. The Morgan fingerprint density at radius 3 is 2.12 bits per heavy atom. The van der Waals surface area contributed by atoms with Crippen LogP contribution in [0, 0.1) is 19.8 Å². The summed E-state index contributed by atoms with van der Waals surface area (Å²) in [6, 6.07) is 5.71. The standard InChI is InChI=1S/C15H20O2/c1-5-12(4)14(16)9-15(17)13-7-10(2)6-11(3)8-13/h6-8,12H,5,9H2,1-4H3. The lowest BCUT2D eigenvalue weighted by Gasteiger charge is -2.07. The molecule has 0 fully saturated rings. The van der Waals surface area contributed by atoms with Crippen molar-refractivity contribution in [1.29, 1.82) is 0 Å². The van der Waals surface area contributed by atoms with E-state index in [0.717, 1.165) is 17.5 Å². The first-order chi connectivity index (χ1) is 7.93. The van der Waals surface area contributed by atoms with Gasteiger partial charge in [0.05, 0.1) is 6.42 Å². The van der Waals surface area contributed by atoms with Crippen LogP contribution in [0.2, 0.25) is 0 Å². The Hall–Kier alpha value is -1.44. The van der Waals surface area contributed by atoms with Gasteiger partial charge in [0.15, 0.2) is 5.78 Å². The molecule has 0 aliphatic carbocycles. The number of benzene rings is 1. The summed E-state index contributed by atoms with van der Waals surface area (Å²) in [5.74, 6) is -0.0522. The third-order valence-corrected chi connectivity index (χ3v) is 3.04. The van der Waals surface area contributed by atoms with Crippen molar-refractivity contribution in [3.63, 3.8) is 0 Å². The molecule has 0 bridgehead atoms. The van der Waals surface area contributed by atoms with Crippen LogP contribution in [0.4, 0.5) is 0 Å². The first-order valence-corrected chi connectivity index (χ1v) is 6.08. The van der Waals surface area contributed by atoms with Crippen molar-refractivity contribution >= 4 is 11.6 Å². The van der Waals surface area contributed by atoms with Crippen molar-refractivity contribution in [1.82, 2.24) is 0 Å². The zero-order valence-electron chi connectivity index (χ0n) is 11.0. The molecule has 0 saturated carbocycles. The number of ketones is 2. The number of carbonyl (C=O) groups is 2. The van der Waals surface area contributed by atoms with Gasteiger partial charge in [-0.2, -0.15) is 0 Å². The van der Waals surface area contributed by atoms with Crippen LogP contribution < -0.4 is 0 Å². The summed E-state index contributed by atoms with van der Waals surface area (Å²) in [4.78, 5) is 23.7. The van der Waals surface area contributed by atoms with E-state index >= 15 is 0 Å². The van der Waals surface area contributed by atoms with Gasteiger partial charge in [-0.15, -0.1) is 0 Å². The fourth-order valence-electron chi connectivity index (χ4n) is 1.80. The highest BCUT2D eigenvalue weighted by Gasteiger charge is 2.16. The molecule has 0 radical (unpaired) electrons. The van der Waals surface area contributed by atoms with Gasteiger partial charge in [-0.25, -0.2) is 0 Å². The van der Waals surface area contributed by atoms with Gasteiger partial charge in [-0.3, -0.25) is 9.59 Å². The van der Waals surface area contributed by atoms with E-state index in [-0.39, 0.29) is 23.9 Å². The monoisotopic (exact) mass is 232 g/mol. The molecule has 0 amide bonds. The van der Waals surface area contributed by atoms with Crippen LogP contribution in [-0.4, -0.2) is 11.6 Å². The third kappa shape index (κ3) is 3.81. The first kappa shape index (κ1) is 13.6. The van der Waals surface area contributed by atoms with Crippen molar-refractivity contribution < 1.29 is 9.59 Å². The summed E-state index contributed by atoms with van der Waals surface area (Å²) in [7, 11) is 0. The Bertz CT molecular complexity index is 412. The minimum absolute atomic E-state index is 0.0233. The summed E-state index contributed by atoms with van der Waals surface area (Å²) >= 11 is 0. The number of hydrogen-bond donors (Lipinski definition) is 0. The molecule has 17 heavy (non-hydrogen) atoms. The topological polar surface area (TPSA) is 34.1 Å². The summed E-state index contributed by atoms with van der Waals surface area (Å²) in [5.41, 5.74) is 2.77. The molecule has 1 aromatic carbocycles. The lowest BCUT2D eigenvalue weighted by Crippen LogP contribution is -2.15. The highest BCUT2D eigenvalue weighted by atomic mass is 16.1. The summed E-state index contributed by atoms with van der Waals surface area (Å²) in [5, 5.41) is 0. The Balaban J connectivity index is 2.80. The Morgan fingerprint density at radius 2 is 1.65 bits per heavy atom. The first-order valence-electron chi connectivity index (χ1n) is 6.08. The van der Waals surface area contributed by atoms with Gasteiger partial charge in [0.1, 0.15) is 5.78 Å². The number of hydrogen-bond acceptors (Lipinski definition) is 2. The largest absolute Gasteiger partial charge is 0.299 e. The van der Waals surface area contributed by atoms with E-state index in [9.17, 15) is 9.59 Å². The molecule has 1 atom stereocenters. The zero-order valence-corrected chi connectivity index (χ0v) is 11.0. The molecule has 2 nitrogen and oxygen atoms in total. The molecule has 0 aliphatic heterocycles. The molecule has 92 valence electrons. The average molecular weight is 232 g/mol. The normalized spacial score (nSPS) is 12.2. The van der Waals surface area contributed by atoms with E-state index in [1.54, 1.807) is 0 Å². The SMILES string of the molecule is CCC(C)C(=O)CC(=O)c1cc(C)cc(C)c1. The molecule has 0 N–H and O–H groups in total. The number of rotatable bonds is 5. The molecule has 0 heterocycles. The van der Waals surface area contributed by atoms with E-state index in [1.165, 1.54) is 0 Å². The highest BCUT2D eigenvalue weighted by molar-refractivity contribution is 6.08. The van der Waals surface area contributed by atoms with Crippen molar-refractivity contribution in [2.24, 2.45) is 5.92 Å². The van der Waals surface area contributed by atoms with E-state index in [4.69, 9.17) is 0 Å². The molecule has 1 unspecified atom stereocenters. The van der Waals surface area contributed by atoms with Gasteiger partial charge in [0.25, 0.3) is 0 Å². The van der Waals surface area contributed by atoms with Crippen molar-refractivity contribution in [2.75, 3.05) is 0 Å². The Labute approximate surface area is 103 Å². The fourth-order valence-corrected chi connectivity index (χ4v) is 1.80. The lowest BCUT2D eigenvalue weighted by molar-refractivity contribution is -0.121. The summed E-state index contributed by atoms with van der Waals surface area (Å²) < 4.78 is 0. The molecular weight excluding hydrogens is 212 g/mol. The van der Waals surface area contributed by atoms with Gasteiger partial charge >= 0.3 is 0 Å². The Morgan fingerprint density at radius 1 is 1.12 bits per heavy atom. The van der Waals surface area contributed by atoms with Gasteiger partial charge in [-0.1, -0.05) is 31.0 Å². The van der Waals surface area contributed by atoms with E-state index < -0.39 is 0 Å². The maximum Gasteiger partial charge on any atom is 0.170 e. The molecule has 2 heteroatoms. The molecule has 0 aliphatic rings. The molecule has 1 rings (SSSR count). The summed E-state index contributed by atoms with van der Waals surface area (Å²) in [6.45, 7) is 7.75. The second kappa shape index (κ2) is 5.76. The van der Waals surface area contributed by atoms with Crippen molar-refractivity contribution in [3.05, 3.63) is 34.9 Å². The third-order valence-electron chi connectivity index (χ3n) is 3.04. The van der Waals surface area contributed by atoms with Gasteiger partial charge in [0.2, 0.25) is 0 Å². The predicted molar refractivity (Wildman–Crippen MR) is 69.3 cm³/mol. The quantitative estimate of drug-likeness (QED) is 0.575. The smallest absolute Gasteiger partial charge is 0.170 e. The van der Waals surface area contributed by atoms with Crippen LogP contribution in [0.5, 0.6) is 0 Å². The molecule has 0 spiro atoms. The van der Waals surface area contributed by atoms with E-state index in [2.05, 4.69) is 0 Å². The molecule has 0 saturated heterocycles. The second-order valence-corrected chi connectivity index (χ2v) is 4.75. The van der Waals surface area contributed by atoms with E-state index in [1.807, 2.05) is 45.9 Å². The van der Waals surface area contributed by atoms with Crippen LogP contribution in [0.1, 0.15) is 48.2 Å². The molecule has 1 aromatic rings. The Kier molecular flexibility index (Phi) is 4.62. The lowest BCUT2D eigenvalue weighted by atomic mass is 9.95. The number of aryl methyl sites for hydroxylation is 2. The van der Waals surface area contributed by atoms with Crippen LogP contribution in [-0.2, 0) is 4.79 Å². The van der Waals surface area contributed by atoms with Crippen LogP contribution in [0.15, 0.2) is 18.2 Å². The van der Waals surface area contributed by atoms with Gasteiger partial charge in [0, 0.05) is 11.5 Å². The number of carbonyl (C=O) groups excluding carboxylic acids is 2. The number of Topliss-reactive ketones (excluding diaryl/α,β-unsaturated/α-hetero) is 2.